The maximum absolute atomic E-state index is 7.57. The Morgan fingerprint density at radius 3 is 0.700 bits per heavy atom. The fraction of sp³-hybridized carbons (Fsp3) is 1.00. The topological polar surface area (TPSA) is 80.9 Å². The molecule has 0 aromatic carbocycles. The molecule has 0 fully saturated rings. The monoisotopic (exact) mass is 156 g/mol. The molecule has 0 aromatic rings. The first-order valence-corrected chi connectivity index (χ1v) is 2.94. The highest BCUT2D eigenvalue weighted by Gasteiger charge is 1.34. The van der Waals surface area contributed by atoms with Gasteiger partial charge in [-0.1, -0.05) is 0 Å². The molecule has 0 aliphatic carbocycles. The Morgan fingerprint density at radius 2 is 0.700 bits per heavy atom. The molecule has 4 heteroatoms. The molecule has 0 saturated heterocycles. The molecule has 0 aliphatic heterocycles. The van der Waals surface area contributed by atoms with Crippen LogP contribution in [-0.2, 0) is 0 Å². The van der Waals surface area contributed by atoms with E-state index in [1.54, 1.807) is 13.8 Å². The first kappa shape index (κ1) is 22.5. The molecule has 0 aromatic heterocycles. The molecule has 0 aliphatic rings. The van der Waals surface area contributed by atoms with Gasteiger partial charge in [0.1, 0.15) is 0 Å². The highest BCUT2D eigenvalue weighted by atomic mass is 16.3. The Hall–Kier alpha value is -0.160. The van der Waals surface area contributed by atoms with Crippen LogP contribution in [-0.4, -0.2) is 47.9 Å². The van der Waals surface area contributed by atoms with Crippen LogP contribution in [0.1, 0.15) is 13.8 Å². The van der Waals surface area contributed by atoms with Gasteiger partial charge in [0.25, 0.3) is 0 Å². The lowest BCUT2D eigenvalue weighted by Crippen LogP contribution is -1.57. The summed E-state index contributed by atoms with van der Waals surface area (Å²) in [5.74, 6) is 0. The number of rotatable bonds is 0. The smallest absolute Gasteiger partial charge is 0.0402 e. The van der Waals surface area contributed by atoms with E-state index in [4.69, 9.17) is 20.4 Å². The molecule has 4 N–H and O–H groups in total. The van der Waals surface area contributed by atoms with Crippen LogP contribution in [0.4, 0.5) is 0 Å². The molecule has 0 rings (SSSR count). The molecule has 0 radical (unpaired) electrons. The molecule has 0 bridgehead atoms. The Labute approximate surface area is 62.8 Å². The highest BCUT2D eigenvalue weighted by molar-refractivity contribution is 3.84. The van der Waals surface area contributed by atoms with Crippen LogP contribution < -0.4 is 0 Å². The van der Waals surface area contributed by atoms with E-state index in [1.807, 2.05) is 0 Å². The zero-order chi connectivity index (χ0) is 9.41. The second-order valence-electron chi connectivity index (χ2n) is 0.632. The zero-order valence-electron chi connectivity index (χ0n) is 7.20. The van der Waals surface area contributed by atoms with E-state index in [0.717, 1.165) is 14.2 Å². The number of aliphatic hydroxyl groups is 4. The first-order chi connectivity index (χ1) is 4.83. The van der Waals surface area contributed by atoms with Gasteiger partial charge in [-0.3, -0.25) is 0 Å². The van der Waals surface area contributed by atoms with Crippen LogP contribution in [0.25, 0.3) is 0 Å². The summed E-state index contributed by atoms with van der Waals surface area (Å²) in [6.07, 6.45) is 0. The third-order valence-electron chi connectivity index (χ3n) is 0. The van der Waals surface area contributed by atoms with Gasteiger partial charge in [-0.2, -0.15) is 0 Å². The molecule has 0 saturated carbocycles. The summed E-state index contributed by atoms with van der Waals surface area (Å²) in [4.78, 5) is 0. The minimum absolute atomic E-state index is 0.250. The van der Waals surface area contributed by atoms with Gasteiger partial charge in [-0.15, -0.1) is 0 Å². The quantitative estimate of drug-likeness (QED) is 0.370. The molecule has 68 valence electrons. The second kappa shape index (κ2) is 160. The average molecular weight is 156 g/mol. The van der Waals surface area contributed by atoms with Gasteiger partial charge in [0.2, 0.25) is 0 Å². The molecule has 0 atom stereocenters. The maximum atomic E-state index is 7.57. The van der Waals surface area contributed by atoms with Crippen molar-refractivity contribution in [1.29, 1.82) is 0 Å². The van der Waals surface area contributed by atoms with E-state index < -0.39 is 0 Å². The van der Waals surface area contributed by atoms with Crippen molar-refractivity contribution in [2.75, 3.05) is 27.4 Å². The summed E-state index contributed by atoms with van der Waals surface area (Å²) in [6, 6.07) is 0. The average Bonchev–Trinajstić information content (AvgIpc) is 1.99. The molecular weight excluding hydrogens is 136 g/mol. The Kier molecular flexibility index (Phi) is 362. The van der Waals surface area contributed by atoms with Crippen molar-refractivity contribution < 1.29 is 20.4 Å². The molecule has 4 nitrogen and oxygen atoms in total. The van der Waals surface area contributed by atoms with Gasteiger partial charge in [-0.05, 0) is 13.8 Å². The van der Waals surface area contributed by atoms with Gasteiger partial charge in [0.15, 0.2) is 0 Å². The van der Waals surface area contributed by atoms with Crippen LogP contribution in [0.3, 0.4) is 0 Å². The predicted molar refractivity (Wildman–Crippen MR) is 41.8 cm³/mol. The van der Waals surface area contributed by atoms with Crippen LogP contribution in [0, 0.1) is 0 Å². The van der Waals surface area contributed by atoms with Gasteiger partial charge in [0.05, 0.1) is 0 Å². The number of hydrogen-bond donors (Lipinski definition) is 4. The lowest BCUT2D eigenvalue weighted by atomic mass is 10.9. The van der Waals surface area contributed by atoms with Crippen molar-refractivity contribution in [3.8, 4) is 0 Å². The second-order valence-corrected chi connectivity index (χ2v) is 0.632. The highest BCUT2D eigenvalue weighted by Crippen LogP contribution is 1.30. The van der Waals surface area contributed by atoms with Crippen molar-refractivity contribution in [2.24, 2.45) is 0 Å². The fourth-order valence-electron chi connectivity index (χ4n) is 0. The summed E-state index contributed by atoms with van der Waals surface area (Å²) in [7, 11) is 2.00. The standard InChI is InChI=1S/2C2H6O.2CH4O/c2*1-2-3;2*1-2/h2*3H,2H2,1H3;2*2H,1H3. The number of aliphatic hydroxyl groups excluding tert-OH is 4. The third-order valence-corrected chi connectivity index (χ3v) is 0. The number of hydrogen-bond acceptors (Lipinski definition) is 4. The van der Waals surface area contributed by atoms with Crippen LogP contribution >= 0.6 is 0 Å². The molecule has 10 heavy (non-hydrogen) atoms. The summed E-state index contributed by atoms with van der Waals surface area (Å²) in [5, 5.41) is 29.1. The minimum Gasteiger partial charge on any atom is -0.400 e. The molecule has 0 heterocycles. The summed E-state index contributed by atoms with van der Waals surface area (Å²) >= 11 is 0. The van der Waals surface area contributed by atoms with Gasteiger partial charge >= 0.3 is 0 Å². The Bertz CT molecular complexity index is 11.7. The van der Waals surface area contributed by atoms with Crippen LogP contribution in [0.2, 0.25) is 0 Å². The van der Waals surface area contributed by atoms with E-state index >= 15 is 0 Å². The van der Waals surface area contributed by atoms with Crippen molar-refractivity contribution in [2.45, 2.75) is 13.8 Å². The van der Waals surface area contributed by atoms with E-state index in [0.29, 0.717) is 0 Å². The van der Waals surface area contributed by atoms with E-state index in [-0.39, 0.29) is 13.2 Å². The predicted octanol–water partition coefficient (Wildman–Crippen LogP) is -0.786. The van der Waals surface area contributed by atoms with Crippen molar-refractivity contribution >= 4 is 0 Å². The van der Waals surface area contributed by atoms with E-state index in [1.165, 1.54) is 0 Å². The maximum Gasteiger partial charge on any atom is 0.0402 e. The van der Waals surface area contributed by atoms with E-state index in [2.05, 4.69) is 0 Å². The van der Waals surface area contributed by atoms with Gasteiger partial charge in [-0.25, -0.2) is 0 Å². The van der Waals surface area contributed by atoms with Crippen molar-refractivity contribution in [3.63, 3.8) is 0 Å². The Balaban J connectivity index is -0.0000000246. The minimum atomic E-state index is 0.250. The van der Waals surface area contributed by atoms with Crippen LogP contribution in [0.5, 0.6) is 0 Å². The lowest BCUT2D eigenvalue weighted by molar-refractivity contribution is 0.318. The molecule has 0 spiro atoms. The first-order valence-electron chi connectivity index (χ1n) is 2.94. The summed E-state index contributed by atoms with van der Waals surface area (Å²) in [5.41, 5.74) is 0. The molecular formula is C6H20O4. The molecule has 0 amide bonds. The fourth-order valence-corrected chi connectivity index (χ4v) is 0. The van der Waals surface area contributed by atoms with Gasteiger partial charge < -0.3 is 20.4 Å². The van der Waals surface area contributed by atoms with E-state index in [9.17, 15) is 0 Å². The SMILES string of the molecule is CCO.CCO.CO.CO. The van der Waals surface area contributed by atoms with Gasteiger partial charge in [0, 0.05) is 27.4 Å². The Morgan fingerprint density at radius 1 is 0.700 bits per heavy atom. The summed E-state index contributed by atoms with van der Waals surface area (Å²) in [6.45, 7) is 3.86. The zero-order valence-corrected chi connectivity index (χ0v) is 7.20. The summed E-state index contributed by atoms with van der Waals surface area (Å²) < 4.78 is 0. The molecule has 0 unspecified atom stereocenters. The van der Waals surface area contributed by atoms with Crippen molar-refractivity contribution in [3.05, 3.63) is 0 Å². The van der Waals surface area contributed by atoms with Crippen LogP contribution in [0.15, 0.2) is 0 Å². The lowest BCUT2D eigenvalue weighted by Gasteiger charge is -1.52. The normalized spacial score (nSPS) is 4.80. The largest absolute Gasteiger partial charge is 0.400 e. The third kappa shape index (κ3) is 14300. The van der Waals surface area contributed by atoms with Crippen molar-refractivity contribution in [1.82, 2.24) is 0 Å².